The van der Waals surface area contributed by atoms with Crippen molar-refractivity contribution in [3.8, 4) is 17.2 Å². The number of benzene rings is 2. The summed E-state index contributed by atoms with van der Waals surface area (Å²) in [5.41, 5.74) is 3.14. The molecule has 1 unspecified atom stereocenters. The van der Waals surface area contributed by atoms with Crippen molar-refractivity contribution in [1.29, 1.82) is 0 Å². The molecule has 0 aliphatic rings. The first-order valence-electron chi connectivity index (χ1n) is 9.88. The molecule has 5 heteroatoms. The van der Waals surface area contributed by atoms with Crippen LogP contribution >= 0.6 is 0 Å². The Balaban J connectivity index is 2.01. The highest BCUT2D eigenvalue weighted by atomic mass is 16.5. The molecule has 2 aromatic rings. The number of nitrogens with one attached hydrogen (secondary N) is 1. The summed E-state index contributed by atoms with van der Waals surface area (Å²) >= 11 is 0. The minimum absolute atomic E-state index is 0.130. The standard InChI is InChI=1S/C23H31NO4/c1-6-19(28-20-11-9-16(4)13-17(20)5)23(25)24-15-18-10-12-21(26-7-2)22(14-18)27-8-3/h9-14,19H,6-8,15H2,1-5H3,(H,24,25). The van der Waals surface area contributed by atoms with E-state index in [4.69, 9.17) is 14.2 Å². The van der Waals surface area contributed by atoms with Crippen LogP contribution in [0.4, 0.5) is 0 Å². The molecule has 0 aliphatic carbocycles. The van der Waals surface area contributed by atoms with Gasteiger partial charge >= 0.3 is 0 Å². The van der Waals surface area contributed by atoms with Gasteiger partial charge < -0.3 is 19.5 Å². The summed E-state index contributed by atoms with van der Waals surface area (Å²) in [7, 11) is 0. The number of aryl methyl sites for hydroxylation is 2. The number of amides is 1. The maximum absolute atomic E-state index is 12.6. The van der Waals surface area contributed by atoms with Gasteiger partial charge in [-0.2, -0.15) is 0 Å². The Hall–Kier alpha value is -2.69. The van der Waals surface area contributed by atoms with Crippen LogP contribution in [0.2, 0.25) is 0 Å². The normalized spacial score (nSPS) is 11.6. The van der Waals surface area contributed by atoms with Crippen molar-refractivity contribution in [2.45, 2.75) is 53.7 Å². The lowest BCUT2D eigenvalue weighted by Crippen LogP contribution is -2.37. The zero-order valence-electron chi connectivity index (χ0n) is 17.5. The Morgan fingerprint density at radius 1 is 0.929 bits per heavy atom. The first kappa shape index (κ1) is 21.6. The molecule has 152 valence electrons. The van der Waals surface area contributed by atoms with Crippen LogP contribution < -0.4 is 19.5 Å². The predicted molar refractivity (Wildman–Crippen MR) is 111 cm³/mol. The van der Waals surface area contributed by atoms with Crippen LogP contribution in [0.1, 0.15) is 43.9 Å². The Kier molecular flexibility index (Phi) is 8.18. The lowest BCUT2D eigenvalue weighted by molar-refractivity contribution is -0.128. The zero-order valence-corrected chi connectivity index (χ0v) is 17.5. The van der Waals surface area contributed by atoms with Gasteiger partial charge in [0, 0.05) is 6.54 Å². The molecule has 1 atom stereocenters. The fraction of sp³-hybridized carbons (Fsp3) is 0.435. The largest absolute Gasteiger partial charge is 0.490 e. The highest BCUT2D eigenvalue weighted by Crippen LogP contribution is 2.28. The average Bonchev–Trinajstić information content (AvgIpc) is 2.67. The molecule has 1 amide bonds. The minimum atomic E-state index is -0.532. The SMILES string of the molecule is CCOc1ccc(CNC(=O)C(CC)Oc2ccc(C)cc2C)cc1OCC. The van der Waals surface area contributed by atoms with Crippen LogP contribution in [-0.2, 0) is 11.3 Å². The van der Waals surface area contributed by atoms with Crippen molar-refractivity contribution in [2.75, 3.05) is 13.2 Å². The van der Waals surface area contributed by atoms with Gasteiger partial charge in [-0.25, -0.2) is 0 Å². The molecule has 0 heterocycles. The van der Waals surface area contributed by atoms with Gasteiger partial charge in [0.05, 0.1) is 13.2 Å². The third-order valence-electron chi connectivity index (χ3n) is 4.34. The fourth-order valence-corrected chi connectivity index (χ4v) is 2.92. The highest BCUT2D eigenvalue weighted by Gasteiger charge is 2.19. The van der Waals surface area contributed by atoms with Crippen LogP contribution in [0.25, 0.3) is 0 Å². The van der Waals surface area contributed by atoms with Gasteiger partial charge in [-0.05, 0) is 63.4 Å². The van der Waals surface area contributed by atoms with Crippen molar-refractivity contribution in [2.24, 2.45) is 0 Å². The van der Waals surface area contributed by atoms with E-state index in [2.05, 4.69) is 11.4 Å². The van der Waals surface area contributed by atoms with Crippen molar-refractivity contribution in [1.82, 2.24) is 5.32 Å². The van der Waals surface area contributed by atoms with Crippen LogP contribution in [0.5, 0.6) is 17.2 Å². The number of ether oxygens (including phenoxy) is 3. The van der Waals surface area contributed by atoms with Crippen LogP contribution in [-0.4, -0.2) is 25.2 Å². The van der Waals surface area contributed by atoms with Gasteiger partial charge in [-0.15, -0.1) is 0 Å². The molecule has 0 saturated heterocycles. The zero-order chi connectivity index (χ0) is 20.5. The van der Waals surface area contributed by atoms with E-state index in [1.807, 2.05) is 65.0 Å². The van der Waals surface area contributed by atoms with Gasteiger partial charge in [0.25, 0.3) is 5.91 Å². The predicted octanol–water partition coefficient (Wildman–Crippen LogP) is 4.57. The maximum atomic E-state index is 12.6. The van der Waals surface area contributed by atoms with Crippen LogP contribution in [0, 0.1) is 13.8 Å². The van der Waals surface area contributed by atoms with Crippen molar-refractivity contribution in [3.63, 3.8) is 0 Å². The van der Waals surface area contributed by atoms with E-state index in [1.165, 1.54) is 5.56 Å². The molecule has 1 N–H and O–H groups in total. The molecule has 0 radical (unpaired) electrons. The van der Waals surface area contributed by atoms with Gasteiger partial charge in [0.15, 0.2) is 17.6 Å². The van der Waals surface area contributed by atoms with E-state index in [-0.39, 0.29) is 5.91 Å². The first-order valence-corrected chi connectivity index (χ1v) is 9.88. The lowest BCUT2D eigenvalue weighted by atomic mass is 10.1. The minimum Gasteiger partial charge on any atom is -0.490 e. The van der Waals surface area contributed by atoms with E-state index in [0.29, 0.717) is 37.7 Å². The number of rotatable bonds is 10. The molecule has 0 aliphatic heterocycles. The van der Waals surface area contributed by atoms with Crippen LogP contribution in [0.15, 0.2) is 36.4 Å². The topological polar surface area (TPSA) is 56.8 Å². The van der Waals surface area contributed by atoms with Crippen molar-refractivity contribution < 1.29 is 19.0 Å². The smallest absolute Gasteiger partial charge is 0.261 e. The summed E-state index contributed by atoms with van der Waals surface area (Å²) in [5.74, 6) is 2.01. The fourth-order valence-electron chi connectivity index (χ4n) is 2.92. The summed E-state index contributed by atoms with van der Waals surface area (Å²) < 4.78 is 17.2. The molecular formula is C23H31NO4. The second-order valence-electron chi connectivity index (χ2n) is 6.65. The molecular weight excluding hydrogens is 354 g/mol. The summed E-state index contributed by atoms with van der Waals surface area (Å²) in [6.45, 7) is 11.4. The van der Waals surface area contributed by atoms with E-state index >= 15 is 0 Å². The Bertz CT molecular complexity index is 788. The highest BCUT2D eigenvalue weighted by molar-refractivity contribution is 5.81. The average molecular weight is 386 g/mol. The van der Waals surface area contributed by atoms with E-state index < -0.39 is 6.10 Å². The number of carbonyl (C=O) groups is 1. The molecule has 28 heavy (non-hydrogen) atoms. The number of hydrogen-bond donors (Lipinski definition) is 1. The lowest BCUT2D eigenvalue weighted by Gasteiger charge is -2.19. The van der Waals surface area contributed by atoms with E-state index in [9.17, 15) is 4.79 Å². The van der Waals surface area contributed by atoms with Crippen LogP contribution in [0.3, 0.4) is 0 Å². The maximum Gasteiger partial charge on any atom is 0.261 e. The molecule has 2 aromatic carbocycles. The second kappa shape index (κ2) is 10.6. The van der Waals surface area contributed by atoms with Gasteiger partial charge in [-0.1, -0.05) is 30.7 Å². The molecule has 0 bridgehead atoms. The Morgan fingerprint density at radius 2 is 1.61 bits per heavy atom. The third-order valence-corrected chi connectivity index (χ3v) is 4.34. The summed E-state index contributed by atoms with van der Waals surface area (Å²) in [6.07, 6.45) is 0.0579. The third kappa shape index (κ3) is 5.91. The number of hydrogen-bond acceptors (Lipinski definition) is 4. The molecule has 0 fully saturated rings. The summed E-state index contributed by atoms with van der Waals surface area (Å²) in [5, 5.41) is 2.96. The van der Waals surface area contributed by atoms with E-state index in [1.54, 1.807) is 0 Å². The molecule has 0 saturated carbocycles. The van der Waals surface area contributed by atoms with Gasteiger partial charge in [0.1, 0.15) is 5.75 Å². The molecule has 0 spiro atoms. The second-order valence-corrected chi connectivity index (χ2v) is 6.65. The Morgan fingerprint density at radius 3 is 2.25 bits per heavy atom. The monoisotopic (exact) mass is 385 g/mol. The van der Waals surface area contributed by atoms with Gasteiger partial charge in [-0.3, -0.25) is 4.79 Å². The van der Waals surface area contributed by atoms with Crippen molar-refractivity contribution >= 4 is 5.91 Å². The van der Waals surface area contributed by atoms with Crippen molar-refractivity contribution in [3.05, 3.63) is 53.1 Å². The van der Waals surface area contributed by atoms with E-state index in [0.717, 1.165) is 16.9 Å². The summed E-state index contributed by atoms with van der Waals surface area (Å²) in [6, 6.07) is 11.7. The number of carbonyl (C=O) groups excluding carboxylic acids is 1. The Labute approximate surface area is 168 Å². The molecule has 5 nitrogen and oxygen atoms in total. The molecule has 0 aromatic heterocycles. The van der Waals surface area contributed by atoms with Gasteiger partial charge in [0.2, 0.25) is 0 Å². The summed E-state index contributed by atoms with van der Waals surface area (Å²) in [4.78, 5) is 12.6. The quantitative estimate of drug-likeness (QED) is 0.651. The first-order chi connectivity index (χ1) is 13.5. The molecule has 2 rings (SSSR count).